The van der Waals surface area contributed by atoms with E-state index in [-0.39, 0.29) is 12.1 Å². The van der Waals surface area contributed by atoms with Gasteiger partial charge in [-0.3, -0.25) is 0 Å². The molecule has 122 valence electrons. The normalized spacial score (nSPS) is 11.6. The molecule has 0 heterocycles. The van der Waals surface area contributed by atoms with Crippen LogP contribution in [0.3, 0.4) is 0 Å². The summed E-state index contributed by atoms with van der Waals surface area (Å²) in [6.45, 7) is 2.40. The van der Waals surface area contributed by atoms with E-state index in [1.54, 1.807) is 26.4 Å². The fourth-order valence-corrected chi connectivity index (χ4v) is 2.37. The largest absolute Gasteiger partial charge is 0.495 e. The maximum absolute atomic E-state index is 12.1. The number of carbonyl (C=O) groups is 1. The molecule has 0 bridgehead atoms. The molecule has 2 amide bonds. The smallest absolute Gasteiger partial charge is 0.319 e. The van der Waals surface area contributed by atoms with Gasteiger partial charge < -0.3 is 20.1 Å². The quantitative estimate of drug-likeness (QED) is 0.858. The number of amides is 2. The molecule has 5 nitrogen and oxygen atoms in total. The van der Waals surface area contributed by atoms with Gasteiger partial charge in [-0.2, -0.15) is 0 Å². The van der Waals surface area contributed by atoms with Gasteiger partial charge in [0.2, 0.25) is 0 Å². The highest BCUT2D eigenvalue weighted by molar-refractivity contribution is 5.90. The average Bonchev–Trinajstić information content (AvgIpc) is 2.57. The first-order valence-electron chi connectivity index (χ1n) is 7.42. The Labute approximate surface area is 136 Å². The maximum atomic E-state index is 12.1. The number of carbonyl (C=O) groups excluding carboxylic acids is 1. The molecule has 0 spiro atoms. The number of aryl methyl sites for hydroxylation is 1. The molecule has 2 aromatic rings. The van der Waals surface area contributed by atoms with Crippen LogP contribution in [0, 0.1) is 6.92 Å². The Balaban J connectivity index is 1.96. The Morgan fingerprint density at radius 3 is 2.48 bits per heavy atom. The topological polar surface area (TPSA) is 59.6 Å². The van der Waals surface area contributed by atoms with Crippen LogP contribution in [0.25, 0.3) is 0 Å². The number of nitrogens with one attached hydrogen (secondary N) is 2. The Hall–Kier alpha value is -2.53. The molecular formula is C18H22N2O3. The zero-order valence-electron chi connectivity index (χ0n) is 13.6. The lowest BCUT2D eigenvalue weighted by Gasteiger charge is -2.19. The van der Waals surface area contributed by atoms with Crippen LogP contribution >= 0.6 is 0 Å². The van der Waals surface area contributed by atoms with Crippen molar-refractivity contribution >= 4 is 11.7 Å². The Morgan fingerprint density at radius 2 is 1.78 bits per heavy atom. The highest BCUT2D eigenvalue weighted by Gasteiger charge is 2.14. The molecule has 0 unspecified atom stereocenters. The van der Waals surface area contributed by atoms with Gasteiger partial charge in [-0.05, 0) is 30.2 Å². The van der Waals surface area contributed by atoms with E-state index in [9.17, 15) is 4.79 Å². The summed E-state index contributed by atoms with van der Waals surface area (Å²) >= 11 is 0. The molecule has 2 N–H and O–H groups in total. The summed E-state index contributed by atoms with van der Waals surface area (Å²) in [6.07, 6.45) is -0.195. The van der Waals surface area contributed by atoms with Crippen LogP contribution < -0.4 is 15.4 Å². The van der Waals surface area contributed by atoms with Gasteiger partial charge in [0.25, 0.3) is 0 Å². The van der Waals surface area contributed by atoms with Crippen molar-refractivity contribution in [3.63, 3.8) is 0 Å². The third-order valence-electron chi connectivity index (χ3n) is 3.62. The van der Waals surface area contributed by atoms with Gasteiger partial charge in [0.05, 0.1) is 18.9 Å². The number of ether oxygens (including phenoxy) is 2. The second kappa shape index (κ2) is 8.19. The molecular weight excluding hydrogens is 292 g/mol. The van der Waals surface area contributed by atoms with Gasteiger partial charge in [-0.1, -0.05) is 36.4 Å². The monoisotopic (exact) mass is 314 g/mol. The first-order valence-corrected chi connectivity index (χ1v) is 7.42. The minimum absolute atomic E-state index is 0.195. The lowest BCUT2D eigenvalue weighted by molar-refractivity contribution is 0.104. The molecule has 0 aromatic heterocycles. The predicted molar refractivity (Wildman–Crippen MR) is 90.9 cm³/mol. The lowest BCUT2D eigenvalue weighted by atomic mass is 10.0. The molecule has 2 rings (SSSR count). The standard InChI is InChI=1S/C18H22N2O3/c1-13-8-4-5-9-14(13)17(23-3)12-19-18(21)20-15-10-6-7-11-16(15)22-2/h4-11,17H,12H2,1-3H3,(H2,19,20,21)/t17-/m0/s1. The molecule has 0 fully saturated rings. The van der Waals surface area contributed by atoms with Crippen molar-refractivity contribution in [2.24, 2.45) is 0 Å². The molecule has 2 aromatic carbocycles. The highest BCUT2D eigenvalue weighted by Crippen LogP contribution is 2.23. The van der Waals surface area contributed by atoms with Crippen LogP contribution in [0.4, 0.5) is 10.5 Å². The SMILES string of the molecule is COc1ccccc1NC(=O)NC[C@H](OC)c1ccccc1C. The van der Waals surface area contributed by atoms with Crippen molar-refractivity contribution in [3.05, 3.63) is 59.7 Å². The van der Waals surface area contributed by atoms with E-state index in [0.29, 0.717) is 18.0 Å². The summed E-state index contributed by atoms with van der Waals surface area (Å²) in [5.74, 6) is 0.616. The van der Waals surface area contributed by atoms with Crippen molar-refractivity contribution in [2.75, 3.05) is 26.1 Å². The van der Waals surface area contributed by atoms with Crippen LogP contribution in [0.1, 0.15) is 17.2 Å². The number of hydrogen-bond acceptors (Lipinski definition) is 3. The minimum atomic E-state index is -0.301. The minimum Gasteiger partial charge on any atom is -0.495 e. The maximum Gasteiger partial charge on any atom is 0.319 e. The third-order valence-corrected chi connectivity index (χ3v) is 3.62. The predicted octanol–water partition coefficient (Wildman–Crippen LogP) is 3.51. The third kappa shape index (κ3) is 4.47. The number of urea groups is 1. The Kier molecular flexibility index (Phi) is 6.00. The number of rotatable bonds is 6. The zero-order chi connectivity index (χ0) is 16.7. The van der Waals surface area contributed by atoms with Crippen LogP contribution in [0.5, 0.6) is 5.75 Å². The molecule has 0 aliphatic carbocycles. The van der Waals surface area contributed by atoms with Crippen molar-refractivity contribution in [2.45, 2.75) is 13.0 Å². The summed E-state index contributed by atoms with van der Waals surface area (Å²) in [5.41, 5.74) is 2.82. The molecule has 0 aliphatic rings. The number of hydrogen-bond donors (Lipinski definition) is 2. The number of para-hydroxylation sites is 2. The molecule has 5 heteroatoms. The zero-order valence-corrected chi connectivity index (χ0v) is 13.6. The molecule has 0 saturated heterocycles. The van der Waals surface area contributed by atoms with E-state index in [0.717, 1.165) is 11.1 Å². The van der Waals surface area contributed by atoms with Crippen LogP contribution in [-0.2, 0) is 4.74 Å². The van der Waals surface area contributed by atoms with Gasteiger partial charge in [-0.25, -0.2) is 4.79 Å². The second-order valence-corrected chi connectivity index (χ2v) is 5.12. The van der Waals surface area contributed by atoms with Crippen molar-refractivity contribution < 1.29 is 14.3 Å². The van der Waals surface area contributed by atoms with Crippen molar-refractivity contribution in [1.82, 2.24) is 5.32 Å². The van der Waals surface area contributed by atoms with Gasteiger partial charge in [0.15, 0.2) is 0 Å². The van der Waals surface area contributed by atoms with Crippen LogP contribution in [0.15, 0.2) is 48.5 Å². The molecule has 0 aliphatic heterocycles. The number of methoxy groups -OCH3 is 2. The highest BCUT2D eigenvalue weighted by atomic mass is 16.5. The average molecular weight is 314 g/mol. The molecule has 0 radical (unpaired) electrons. The van der Waals surface area contributed by atoms with E-state index in [1.807, 2.05) is 43.3 Å². The van der Waals surface area contributed by atoms with E-state index in [4.69, 9.17) is 9.47 Å². The number of benzene rings is 2. The fourth-order valence-electron chi connectivity index (χ4n) is 2.37. The van der Waals surface area contributed by atoms with Gasteiger partial charge in [0, 0.05) is 13.7 Å². The van der Waals surface area contributed by atoms with Gasteiger partial charge >= 0.3 is 6.03 Å². The summed E-state index contributed by atoms with van der Waals surface area (Å²) in [7, 11) is 3.20. The van der Waals surface area contributed by atoms with Gasteiger partial charge in [-0.15, -0.1) is 0 Å². The van der Waals surface area contributed by atoms with Crippen molar-refractivity contribution in [3.8, 4) is 5.75 Å². The lowest BCUT2D eigenvalue weighted by Crippen LogP contribution is -2.33. The van der Waals surface area contributed by atoms with E-state index < -0.39 is 0 Å². The Morgan fingerprint density at radius 1 is 1.09 bits per heavy atom. The first-order chi connectivity index (χ1) is 11.2. The van der Waals surface area contributed by atoms with E-state index in [1.165, 1.54) is 0 Å². The molecule has 23 heavy (non-hydrogen) atoms. The van der Waals surface area contributed by atoms with Crippen LogP contribution in [0.2, 0.25) is 0 Å². The first kappa shape index (κ1) is 16.8. The fraction of sp³-hybridized carbons (Fsp3) is 0.278. The summed E-state index contributed by atoms with van der Waals surface area (Å²) in [6, 6.07) is 14.9. The summed E-state index contributed by atoms with van der Waals surface area (Å²) < 4.78 is 10.7. The summed E-state index contributed by atoms with van der Waals surface area (Å²) in [5, 5.41) is 5.60. The van der Waals surface area contributed by atoms with Crippen LogP contribution in [-0.4, -0.2) is 26.8 Å². The number of anilines is 1. The van der Waals surface area contributed by atoms with Crippen molar-refractivity contribution in [1.29, 1.82) is 0 Å². The summed E-state index contributed by atoms with van der Waals surface area (Å²) in [4.78, 5) is 12.1. The molecule has 0 saturated carbocycles. The Bertz CT molecular complexity index is 658. The van der Waals surface area contributed by atoms with Gasteiger partial charge in [0.1, 0.15) is 5.75 Å². The van der Waals surface area contributed by atoms with E-state index in [2.05, 4.69) is 10.6 Å². The second-order valence-electron chi connectivity index (χ2n) is 5.12. The molecule has 1 atom stereocenters. The van der Waals surface area contributed by atoms with E-state index >= 15 is 0 Å².